The highest BCUT2D eigenvalue weighted by atomic mass is 35.5. The lowest BCUT2D eigenvalue weighted by atomic mass is 9.85. The second kappa shape index (κ2) is 9.04. The van der Waals surface area contributed by atoms with Gasteiger partial charge in [-0.15, -0.1) is 12.4 Å². The molecule has 0 bridgehead atoms. The molecule has 1 aromatic rings. The van der Waals surface area contributed by atoms with Gasteiger partial charge in [-0.1, -0.05) is 26.3 Å². The summed E-state index contributed by atoms with van der Waals surface area (Å²) in [5.41, 5.74) is 8.38. The summed E-state index contributed by atoms with van der Waals surface area (Å²) in [7, 11) is 0. The van der Waals surface area contributed by atoms with Crippen molar-refractivity contribution in [3.8, 4) is 0 Å². The zero-order valence-corrected chi connectivity index (χ0v) is 15.4. The Bertz CT molecular complexity index is 590. The largest absolute Gasteiger partial charge is 0.328 e. The van der Waals surface area contributed by atoms with E-state index in [9.17, 15) is 9.59 Å². The van der Waals surface area contributed by atoms with Crippen LogP contribution >= 0.6 is 12.4 Å². The van der Waals surface area contributed by atoms with Crippen LogP contribution in [0.4, 0.5) is 11.4 Å². The molecule has 0 aliphatic heterocycles. The normalized spacial score (nSPS) is 20.2. The Morgan fingerprint density at radius 1 is 1.21 bits per heavy atom. The van der Waals surface area contributed by atoms with Crippen LogP contribution in [0, 0.1) is 18.8 Å². The third kappa shape index (κ3) is 5.49. The predicted octanol–water partition coefficient (Wildman–Crippen LogP) is 3.47. The van der Waals surface area contributed by atoms with Crippen molar-refractivity contribution in [1.29, 1.82) is 0 Å². The maximum Gasteiger partial charge on any atom is 0.227 e. The fraction of sp³-hybridized carbons (Fsp3) is 0.556. The van der Waals surface area contributed by atoms with E-state index in [-0.39, 0.29) is 42.1 Å². The van der Waals surface area contributed by atoms with Gasteiger partial charge >= 0.3 is 0 Å². The van der Waals surface area contributed by atoms with Crippen LogP contribution in [-0.4, -0.2) is 17.9 Å². The summed E-state index contributed by atoms with van der Waals surface area (Å²) in [6, 6.07) is 5.69. The van der Waals surface area contributed by atoms with E-state index in [4.69, 9.17) is 5.73 Å². The Hall–Kier alpha value is -1.59. The Kier molecular flexibility index (Phi) is 7.70. The molecule has 2 atom stereocenters. The van der Waals surface area contributed by atoms with Gasteiger partial charge in [0.05, 0.1) is 0 Å². The number of hydrogen-bond acceptors (Lipinski definition) is 3. The second-order valence-corrected chi connectivity index (χ2v) is 6.79. The monoisotopic (exact) mass is 353 g/mol. The molecule has 5 nitrogen and oxygen atoms in total. The number of rotatable bonds is 4. The van der Waals surface area contributed by atoms with Crippen LogP contribution in [0.15, 0.2) is 18.2 Å². The van der Waals surface area contributed by atoms with Crippen molar-refractivity contribution in [2.45, 2.75) is 52.5 Å². The van der Waals surface area contributed by atoms with E-state index in [2.05, 4.69) is 10.6 Å². The minimum absolute atomic E-state index is 0. The summed E-state index contributed by atoms with van der Waals surface area (Å²) in [4.78, 5) is 24.3. The van der Waals surface area contributed by atoms with Crippen LogP contribution in [0.25, 0.3) is 0 Å². The molecule has 1 aromatic carbocycles. The summed E-state index contributed by atoms with van der Waals surface area (Å²) in [6.07, 6.45) is 3.64. The SMILES string of the molecule is Cc1ccc(NC(=O)C(C)C)cc1NC(=O)C1CCCC(N)C1.Cl. The van der Waals surface area contributed by atoms with Gasteiger partial charge in [-0.3, -0.25) is 9.59 Å². The van der Waals surface area contributed by atoms with Gasteiger partial charge in [0.15, 0.2) is 0 Å². The molecule has 2 amide bonds. The zero-order chi connectivity index (χ0) is 17.0. The highest BCUT2D eigenvalue weighted by Crippen LogP contribution is 2.26. The first-order valence-corrected chi connectivity index (χ1v) is 8.34. The van der Waals surface area contributed by atoms with Gasteiger partial charge in [0.25, 0.3) is 0 Å². The molecule has 0 saturated heterocycles. The van der Waals surface area contributed by atoms with Gasteiger partial charge in [-0.05, 0) is 43.9 Å². The molecule has 6 heteroatoms. The van der Waals surface area contributed by atoms with Gasteiger partial charge in [-0.2, -0.15) is 0 Å². The van der Waals surface area contributed by atoms with Crippen molar-refractivity contribution >= 4 is 35.6 Å². The van der Waals surface area contributed by atoms with Crippen molar-refractivity contribution in [3.63, 3.8) is 0 Å². The van der Waals surface area contributed by atoms with Crippen molar-refractivity contribution in [2.24, 2.45) is 17.6 Å². The number of aryl methyl sites for hydroxylation is 1. The van der Waals surface area contributed by atoms with E-state index in [0.29, 0.717) is 5.69 Å². The third-order valence-electron chi connectivity index (χ3n) is 4.37. The zero-order valence-electron chi connectivity index (χ0n) is 14.6. The van der Waals surface area contributed by atoms with Crippen molar-refractivity contribution < 1.29 is 9.59 Å². The first kappa shape index (κ1) is 20.5. The lowest BCUT2D eigenvalue weighted by Crippen LogP contribution is -2.34. The first-order chi connectivity index (χ1) is 10.9. The maximum absolute atomic E-state index is 12.5. The Morgan fingerprint density at radius 2 is 1.92 bits per heavy atom. The molecule has 0 aromatic heterocycles. The molecule has 134 valence electrons. The average Bonchev–Trinajstić information content (AvgIpc) is 2.50. The van der Waals surface area contributed by atoms with E-state index in [1.54, 1.807) is 0 Å². The predicted molar refractivity (Wildman–Crippen MR) is 100 cm³/mol. The van der Waals surface area contributed by atoms with Crippen LogP contribution in [0.1, 0.15) is 45.1 Å². The van der Waals surface area contributed by atoms with Gasteiger partial charge in [0, 0.05) is 29.3 Å². The van der Waals surface area contributed by atoms with Gasteiger partial charge in [-0.25, -0.2) is 0 Å². The fourth-order valence-corrected chi connectivity index (χ4v) is 2.82. The summed E-state index contributed by atoms with van der Waals surface area (Å²) in [5, 5.41) is 5.86. The van der Waals surface area contributed by atoms with Crippen LogP contribution in [-0.2, 0) is 9.59 Å². The quantitative estimate of drug-likeness (QED) is 0.774. The van der Waals surface area contributed by atoms with Crippen LogP contribution in [0.5, 0.6) is 0 Å². The van der Waals surface area contributed by atoms with E-state index in [1.165, 1.54) is 0 Å². The highest BCUT2D eigenvalue weighted by Gasteiger charge is 2.25. The molecule has 1 aliphatic carbocycles. The molecule has 2 unspecified atom stereocenters. The van der Waals surface area contributed by atoms with Crippen LogP contribution < -0.4 is 16.4 Å². The smallest absolute Gasteiger partial charge is 0.227 e. The minimum atomic E-state index is -0.0851. The number of benzene rings is 1. The number of carbonyl (C=O) groups is 2. The fourth-order valence-electron chi connectivity index (χ4n) is 2.82. The summed E-state index contributed by atoms with van der Waals surface area (Å²) in [6.45, 7) is 5.63. The molecule has 1 saturated carbocycles. The first-order valence-electron chi connectivity index (χ1n) is 8.34. The Labute approximate surface area is 150 Å². The van der Waals surface area contributed by atoms with Crippen molar-refractivity contribution in [1.82, 2.24) is 0 Å². The molecule has 24 heavy (non-hydrogen) atoms. The minimum Gasteiger partial charge on any atom is -0.328 e. The third-order valence-corrected chi connectivity index (χ3v) is 4.37. The lowest BCUT2D eigenvalue weighted by Gasteiger charge is -2.26. The van der Waals surface area contributed by atoms with Crippen LogP contribution in [0.2, 0.25) is 0 Å². The molecular weight excluding hydrogens is 326 g/mol. The highest BCUT2D eigenvalue weighted by molar-refractivity contribution is 5.96. The number of halogens is 1. The molecule has 0 spiro atoms. The lowest BCUT2D eigenvalue weighted by molar-refractivity contribution is -0.121. The summed E-state index contributed by atoms with van der Waals surface area (Å²) in [5.74, 6) is -0.120. The number of nitrogens with two attached hydrogens (primary N) is 1. The summed E-state index contributed by atoms with van der Waals surface area (Å²) >= 11 is 0. The van der Waals surface area contributed by atoms with Gasteiger partial charge in [0.1, 0.15) is 0 Å². The van der Waals surface area contributed by atoms with Crippen molar-refractivity contribution in [2.75, 3.05) is 10.6 Å². The topological polar surface area (TPSA) is 84.2 Å². The molecule has 2 rings (SSSR count). The van der Waals surface area contributed by atoms with E-state index in [0.717, 1.165) is 36.9 Å². The second-order valence-electron chi connectivity index (χ2n) is 6.79. The number of nitrogens with one attached hydrogen (secondary N) is 2. The standard InChI is InChI=1S/C18H27N3O2.ClH/c1-11(2)17(22)20-15-8-7-12(3)16(10-15)21-18(23)13-5-4-6-14(19)9-13;/h7-8,10-11,13-14H,4-6,9,19H2,1-3H3,(H,20,22)(H,21,23);1H. The summed E-state index contributed by atoms with van der Waals surface area (Å²) < 4.78 is 0. The average molecular weight is 354 g/mol. The van der Waals surface area contributed by atoms with Gasteiger partial charge in [0.2, 0.25) is 11.8 Å². The van der Waals surface area contributed by atoms with Crippen molar-refractivity contribution in [3.05, 3.63) is 23.8 Å². The number of hydrogen-bond donors (Lipinski definition) is 3. The number of anilines is 2. The maximum atomic E-state index is 12.5. The van der Waals surface area contributed by atoms with E-state index >= 15 is 0 Å². The van der Waals surface area contributed by atoms with Crippen LogP contribution in [0.3, 0.4) is 0 Å². The molecule has 0 radical (unpaired) electrons. The molecule has 4 N–H and O–H groups in total. The molecular formula is C18H28ClN3O2. The number of amides is 2. The molecule has 1 aliphatic rings. The molecule has 0 heterocycles. The number of carbonyl (C=O) groups excluding carboxylic acids is 2. The van der Waals surface area contributed by atoms with Gasteiger partial charge < -0.3 is 16.4 Å². The molecule has 1 fully saturated rings. The Balaban J connectivity index is 0.00000288. The van der Waals surface area contributed by atoms with E-state index in [1.807, 2.05) is 39.0 Å². The van der Waals surface area contributed by atoms with E-state index < -0.39 is 0 Å². The Morgan fingerprint density at radius 3 is 2.54 bits per heavy atom.